The number of hydrogen-bond donors (Lipinski definition) is 3. The van der Waals surface area contributed by atoms with Gasteiger partial charge in [0, 0.05) is 0 Å². The Bertz CT molecular complexity index is 1180. The number of aromatic nitrogens is 2. The lowest BCUT2D eigenvalue weighted by molar-refractivity contribution is -0.215. The average molecular weight is 451 g/mol. The maximum Gasteiger partial charge on any atom is 0.355 e. The first-order valence-electron chi connectivity index (χ1n) is 10.1. The van der Waals surface area contributed by atoms with Crippen LogP contribution in [0, 0.1) is 5.41 Å². The highest BCUT2D eigenvalue weighted by Crippen LogP contribution is 2.26. The summed E-state index contributed by atoms with van der Waals surface area (Å²) in [7, 11) is 0. The quantitative estimate of drug-likeness (QED) is 0.370. The van der Waals surface area contributed by atoms with Gasteiger partial charge in [0.25, 0.3) is 5.91 Å². The molecule has 0 unspecified atom stereocenters. The fraction of sp³-hybridized carbons (Fsp3) is 0.217. The van der Waals surface area contributed by atoms with Crippen LogP contribution in [-0.2, 0) is 9.68 Å². The molecule has 0 saturated carbocycles. The molecule has 0 aliphatic heterocycles. The normalized spacial score (nSPS) is 11.0. The Balaban J connectivity index is 1.75. The number of primary amides is 2. The van der Waals surface area contributed by atoms with Crippen LogP contribution in [0.25, 0.3) is 16.8 Å². The van der Waals surface area contributed by atoms with E-state index in [4.69, 9.17) is 21.2 Å². The molecule has 1 aromatic heterocycles. The first-order chi connectivity index (χ1) is 15.5. The zero-order chi connectivity index (χ0) is 24.2. The second-order valence-electron chi connectivity index (χ2n) is 8.54. The molecule has 10 nitrogen and oxygen atoms in total. The molecule has 0 spiro atoms. The van der Waals surface area contributed by atoms with E-state index in [-0.39, 0.29) is 23.2 Å². The molecule has 2 aromatic carbocycles. The molecule has 0 saturated heterocycles. The van der Waals surface area contributed by atoms with E-state index in [0.29, 0.717) is 11.4 Å². The van der Waals surface area contributed by atoms with Gasteiger partial charge in [-0.05, 0) is 40.8 Å². The van der Waals surface area contributed by atoms with Gasteiger partial charge in [0.2, 0.25) is 0 Å². The smallest absolute Gasteiger partial charge is 0.355 e. The van der Waals surface area contributed by atoms with E-state index in [1.54, 1.807) is 30.3 Å². The van der Waals surface area contributed by atoms with Gasteiger partial charge in [-0.25, -0.2) is 14.3 Å². The molecule has 33 heavy (non-hydrogen) atoms. The second kappa shape index (κ2) is 9.43. The number of carbonyl (C=O) groups is 3. The van der Waals surface area contributed by atoms with Crippen LogP contribution in [0.5, 0.6) is 5.75 Å². The highest BCUT2D eigenvalue weighted by molar-refractivity contribution is 6.00. The predicted molar refractivity (Wildman–Crippen MR) is 122 cm³/mol. The van der Waals surface area contributed by atoms with Crippen LogP contribution in [0.15, 0.2) is 54.7 Å². The molecule has 172 valence electrons. The summed E-state index contributed by atoms with van der Waals surface area (Å²) >= 11 is 0. The highest BCUT2D eigenvalue weighted by atomic mass is 17.2. The van der Waals surface area contributed by atoms with Crippen molar-refractivity contribution in [1.29, 1.82) is 0 Å². The molecule has 0 aliphatic carbocycles. The summed E-state index contributed by atoms with van der Waals surface area (Å²) in [4.78, 5) is 44.7. The van der Waals surface area contributed by atoms with Crippen LogP contribution in [0.2, 0.25) is 0 Å². The third kappa shape index (κ3) is 6.33. The molecule has 1 heterocycles. The molecule has 3 rings (SSSR count). The fourth-order valence-electron chi connectivity index (χ4n) is 3.00. The molecule has 0 aliphatic rings. The lowest BCUT2D eigenvalue weighted by atomic mass is 9.93. The van der Waals surface area contributed by atoms with Crippen LogP contribution in [0.3, 0.4) is 0 Å². The maximum absolute atomic E-state index is 11.9. The molecular formula is C23H25N5O5. The first-order valence-corrected chi connectivity index (χ1v) is 10.1. The predicted octanol–water partition coefficient (Wildman–Crippen LogP) is 3.40. The fourth-order valence-corrected chi connectivity index (χ4v) is 3.00. The third-order valence-electron chi connectivity index (χ3n) is 4.41. The number of benzene rings is 2. The number of nitrogens with two attached hydrogens (primary N) is 2. The van der Waals surface area contributed by atoms with Crippen LogP contribution in [0.1, 0.15) is 37.7 Å². The molecule has 10 heteroatoms. The minimum atomic E-state index is -0.835. The van der Waals surface area contributed by atoms with E-state index in [0.717, 1.165) is 11.1 Å². The van der Waals surface area contributed by atoms with E-state index in [1.165, 1.54) is 10.9 Å². The molecule has 0 radical (unpaired) electrons. The van der Waals surface area contributed by atoms with Gasteiger partial charge in [0.05, 0.1) is 24.0 Å². The average Bonchev–Trinajstić information content (AvgIpc) is 3.15. The highest BCUT2D eigenvalue weighted by Gasteiger charge is 2.19. The second-order valence-corrected chi connectivity index (χ2v) is 8.54. The number of nitrogens with zero attached hydrogens (tertiary/aromatic N) is 2. The van der Waals surface area contributed by atoms with Crippen LogP contribution in [0.4, 0.5) is 10.5 Å². The Kier molecular flexibility index (Phi) is 6.67. The van der Waals surface area contributed by atoms with Crippen molar-refractivity contribution in [2.45, 2.75) is 27.2 Å². The topological polar surface area (TPSA) is 152 Å². The number of anilines is 1. The Morgan fingerprint density at radius 1 is 1.03 bits per heavy atom. The standard InChI is InChI=1S/C23H25N5O5/c1-23(2,3)12-19(29)33-32-17-6-4-5-15(11-17)14-7-9-16(10-8-14)28-13-18(26-22(25)31)20(27-28)21(24)30/h4-11,13H,12H2,1-3H3,(H2,24,30)(H3,25,26,31). The van der Waals surface area contributed by atoms with Crippen LogP contribution >= 0.6 is 0 Å². The van der Waals surface area contributed by atoms with Crippen molar-refractivity contribution in [3.63, 3.8) is 0 Å². The summed E-state index contributed by atoms with van der Waals surface area (Å²) in [6.07, 6.45) is 1.68. The van der Waals surface area contributed by atoms with Gasteiger partial charge in [-0.15, -0.1) is 0 Å². The van der Waals surface area contributed by atoms with Crippen molar-refractivity contribution in [2.24, 2.45) is 16.9 Å². The van der Waals surface area contributed by atoms with E-state index in [1.807, 2.05) is 39.0 Å². The summed E-state index contributed by atoms with van der Waals surface area (Å²) in [6, 6.07) is 13.5. The lowest BCUT2D eigenvalue weighted by Crippen LogP contribution is -2.22. The molecule has 0 fully saturated rings. The monoisotopic (exact) mass is 451 g/mol. The maximum atomic E-state index is 11.9. The number of amides is 3. The Hall–Kier alpha value is -4.34. The first kappa shape index (κ1) is 23.3. The molecular weight excluding hydrogens is 426 g/mol. The van der Waals surface area contributed by atoms with Crippen molar-refractivity contribution in [3.8, 4) is 22.6 Å². The van der Waals surface area contributed by atoms with Crippen molar-refractivity contribution in [3.05, 3.63) is 60.4 Å². The van der Waals surface area contributed by atoms with Crippen LogP contribution < -0.4 is 21.7 Å². The van der Waals surface area contributed by atoms with E-state index in [9.17, 15) is 14.4 Å². The lowest BCUT2D eigenvalue weighted by Gasteiger charge is -2.15. The summed E-state index contributed by atoms with van der Waals surface area (Å²) in [6.45, 7) is 5.81. The van der Waals surface area contributed by atoms with Crippen LogP contribution in [-0.4, -0.2) is 27.7 Å². The zero-order valence-electron chi connectivity index (χ0n) is 18.5. The third-order valence-corrected chi connectivity index (χ3v) is 4.41. The number of rotatable bonds is 7. The number of nitrogens with one attached hydrogen (secondary N) is 1. The Morgan fingerprint density at radius 2 is 1.73 bits per heavy atom. The van der Waals surface area contributed by atoms with Crippen molar-refractivity contribution in [2.75, 3.05) is 5.32 Å². The van der Waals surface area contributed by atoms with Crippen molar-refractivity contribution >= 4 is 23.6 Å². The summed E-state index contributed by atoms with van der Waals surface area (Å²) < 4.78 is 1.41. The Morgan fingerprint density at radius 3 is 2.33 bits per heavy atom. The van der Waals surface area contributed by atoms with E-state index in [2.05, 4.69) is 10.4 Å². The van der Waals surface area contributed by atoms with Gasteiger partial charge in [0.1, 0.15) is 0 Å². The zero-order valence-corrected chi connectivity index (χ0v) is 18.5. The van der Waals surface area contributed by atoms with Gasteiger partial charge in [-0.1, -0.05) is 45.0 Å². The SMILES string of the molecule is CC(C)(C)CC(=O)OOc1cccc(-c2ccc(-n3cc(NC(N)=O)c(C(N)=O)n3)cc2)c1. The summed E-state index contributed by atoms with van der Waals surface area (Å²) in [5.41, 5.74) is 12.6. The molecule has 3 aromatic rings. The summed E-state index contributed by atoms with van der Waals surface area (Å²) in [5.74, 6) is -0.856. The molecule has 3 amide bonds. The number of carbonyl (C=O) groups excluding carboxylic acids is 3. The van der Waals surface area contributed by atoms with Gasteiger partial charge in [-0.2, -0.15) is 5.10 Å². The number of urea groups is 1. The largest absolute Gasteiger partial charge is 0.364 e. The summed E-state index contributed by atoms with van der Waals surface area (Å²) in [5, 5.41) is 6.44. The van der Waals surface area contributed by atoms with Crippen molar-refractivity contribution < 1.29 is 24.2 Å². The molecule has 0 bridgehead atoms. The molecule has 5 N–H and O–H groups in total. The minimum Gasteiger partial charge on any atom is -0.364 e. The van der Waals surface area contributed by atoms with Gasteiger partial charge in [0.15, 0.2) is 11.4 Å². The Labute approximate surface area is 190 Å². The molecule has 0 atom stereocenters. The van der Waals surface area contributed by atoms with E-state index >= 15 is 0 Å². The van der Waals surface area contributed by atoms with Gasteiger partial charge < -0.3 is 16.8 Å². The van der Waals surface area contributed by atoms with Gasteiger partial charge in [-0.3, -0.25) is 14.6 Å². The minimum absolute atomic E-state index is 0.108. The van der Waals surface area contributed by atoms with Crippen molar-refractivity contribution in [1.82, 2.24) is 9.78 Å². The number of hydrogen-bond acceptors (Lipinski definition) is 6. The van der Waals surface area contributed by atoms with E-state index < -0.39 is 17.9 Å². The van der Waals surface area contributed by atoms with Gasteiger partial charge >= 0.3 is 12.0 Å².